The molecule has 7 heteroatoms. The van der Waals surface area contributed by atoms with Crippen molar-refractivity contribution in [3.05, 3.63) is 46.4 Å². The number of hydrogen-bond donors (Lipinski definition) is 1. The number of rotatable bonds is 6. The van der Waals surface area contributed by atoms with Crippen molar-refractivity contribution in [1.29, 1.82) is 0 Å². The molecule has 0 heterocycles. The van der Waals surface area contributed by atoms with Gasteiger partial charge < -0.3 is 9.47 Å². The van der Waals surface area contributed by atoms with E-state index in [1.807, 2.05) is 18.2 Å². The molecule has 0 amide bonds. The predicted molar refractivity (Wildman–Crippen MR) is 98.6 cm³/mol. The van der Waals surface area contributed by atoms with E-state index in [-0.39, 0.29) is 4.90 Å². The maximum absolute atomic E-state index is 12.7. The molecule has 0 aromatic heterocycles. The van der Waals surface area contributed by atoms with Crippen molar-refractivity contribution in [2.75, 3.05) is 18.9 Å². The number of hydrogen-bond acceptors (Lipinski definition) is 4. The average molecular weight is 414 g/mol. The Labute approximate surface area is 151 Å². The first-order valence-electron chi connectivity index (χ1n) is 7.32. The summed E-state index contributed by atoms with van der Waals surface area (Å²) in [5.41, 5.74) is 1.57. The number of anilines is 1. The van der Waals surface area contributed by atoms with Crippen LogP contribution in [0.4, 0.5) is 5.69 Å². The van der Waals surface area contributed by atoms with Gasteiger partial charge in [0.25, 0.3) is 10.0 Å². The predicted octanol–water partition coefficient (Wildman–Crippen LogP) is 4.39. The van der Waals surface area contributed by atoms with E-state index in [0.29, 0.717) is 27.6 Å². The van der Waals surface area contributed by atoms with Gasteiger partial charge in [-0.05, 0) is 45.6 Å². The molecule has 0 atom stereocenters. The lowest BCUT2D eigenvalue weighted by molar-refractivity contribution is 0.353. The van der Waals surface area contributed by atoms with E-state index >= 15 is 0 Å². The fourth-order valence-corrected chi connectivity index (χ4v) is 4.30. The molecule has 2 aromatic carbocycles. The zero-order valence-electron chi connectivity index (χ0n) is 14.0. The number of nitrogens with one attached hydrogen (secondary N) is 1. The van der Waals surface area contributed by atoms with Crippen LogP contribution < -0.4 is 14.2 Å². The minimum absolute atomic E-state index is 0.0788. The van der Waals surface area contributed by atoms with Gasteiger partial charge in [-0.2, -0.15) is 0 Å². The minimum atomic E-state index is -3.78. The molecule has 5 nitrogen and oxygen atoms in total. The van der Waals surface area contributed by atoms with Crippen molar-refractivity contribution in [3.8, 4) is 11.5 Å². The summed E-state index contributed by atoms with van der Waals surface area (Å²) in [5, 5.41) is 0. The van der Waals surface area contributed by atoms with Crippen LogP contribution in [0.15, 0.2) is 45.8 Å². The van der Waals surface area contributed by atoms with Gasteiger partial charge in [0.2, 0.25) is 0 Å². The topological polar surface area (TPSA) is 64.6 Å². The molecule has 0 aliphatic carbocycles. The lowest BCUT2D eigenvalue weighted by Gasteiger charge is -2.14. The Hall–Kier alpha value is -1.73. The largest absolute Gasteiger partial charge is 0.493 e. The third-order valence-corrected chi connectivity index (χ3v) is 5.87. The van der Waals surface area contributed by atoms with Crippen molar-refractivity contribution in [3.63, 3.8) is 0 Å². The highest BCUT2D eigenvalue weighted by Crippen LogP contribution is 2.36. The average Bonchev–Trinajstić information content (AvgIpc) is 2.54. The van der Waals surface area contributed by atoms with Crippen LogP contribution in [-0.4, -0.2) is 22.6 Å². The zero-order chi connectivity index (χ0) is 17.9. The van der Waals surface area contributed by atoms with Gasteiger partial charge >= 0.3 is 0 Å². The second-order valence-corrected chi connectivity index (χ2v) is 8.03. The Morgan fingerprint density at radius 3 is 2.25 bits per heavy atom. The fraction of sp³-hybridized carbons (Fsp3) is 0.294. The van der Waals surface area contributed by atoms with E-state index in [9.17, 15) is 8.42 Å². The normalized spacial score (nSPS) is 11.4. The van der Waals surface area contributed by atoms with Crippen LogP contribution in [0.2, 0.25) is 0 Å². The van der Waals surface area contributed by atoms with E-state index in [1.54, 1.807) is 12.1 Å². The van der Waals surface area contributed by atoms with Crippen LogP contribution in [0.3, 0.4) is 0 Å². The van der Waals surface area contributed by atoms with Gasteiger partial charge in [-0.15, -0.1) is 0 Å². The Kier molecular flexibility index (Phi) is 5.77. The lowest BCUT2D eigenvalue weighted by atomic mass is 10.0. The summed E-state index contributed by atoms with van der Waals surface area (Å²) < 4.78 is 38.8. The Bertz CT molecular complexity index is 834. The first-order valence-corrected chi connectivity index (χ1v) is 9.60. The Morgan fingerprint density at radius 2 is 1.67 bits per heavy atom. The maximum atomic E-state index is 12.7. The molecule has 1 N–H and O–H groups in total. The molecule has 0 radical (unpaired) electrons. The number of ether oxygens (including phenoxy) is 2. The maximum Gasteiger partial charge on any atom is 0.263 e. The third-order valence-electron chi connectivity index (χ3n) is 3.53. The monoisotopic (exact) mass is 413 g/mol. The number of sulfonamides is 1. The van der Waals surface area contributed by atoms with Crippen LogP contribution >= 0.6 is 15.9 Å². The Balaban J connectivity index is 2.42. The van der Waals surface area contributed by atoms with Crippen LogP contribution in [0.5, 0.6) is 11.5 Å². The smallest absolute Gasteiger partial charge is 0.263 e. The molecule has 0 saturated heterocycles. The van der Waals surface area contributed by atoms with Gasteiger partial charge in [0.05, 0.1) is 14.2 Å². The number of halogens is 1. The first kappa shape index (κ1) is 18.6. The summed E-state index contributed by atoms with van der Waals surface area (Å²) in [7, 11) is -0.822. The van der Waals surface area contributed by atoms with Gasteiger partial charge in [-0.25, -0.2) is 8.42 Å². The third kappa shape index (κ3) is 4.02. The summed E-state index contributed by atoms with van der Waals surface area (Å²) in [5.74, 6) is 1.10. The van der Waals surface area contributed by atoms with Gasteiger partial charge in [0.15, 0.2) is 11.5 Å². The molecule has 0 fully saturated rings. The molecule has 130 valence electrons. The molecule has 24 heavy (non-hydrogen) atoms. The quantitative estimate of drug-likeness (QED) is 0.762. The number of benzene rings is 2. The second-order valence-electron chi connectivity index (χ2n) is 5.52. The summed E-state index contributed by atoms with van der Waals surface area (Å²) >= 11 is 3.28. The molecular formula is C17H20BrNO4S. The fourth-order valence-electron chi connectivity index (χ4n) is 2.21. The van der Waals surface area contributed by atoms with Crippen molar-refractivity contribution >= 4 is 31.6 Å². The van der Waals surface area contributed by atoms with Crippen LogP contribution in [0, 0.1) is 0 Å². The second kappa shape index (κ2) is 7.44. The van der Waals surface area contributed by atoms with Gasteiger partial charge in [-0.1, -0.05) is 26.0 Å². The van der Waals surface area contributed by atoms with E-state index in [0.717, 1.165) is 5.56 Å². The number of methoxy groups -OCH3 is 2. The molecule has 0 aliphatic rings. The summed E-state index contributed by atoms with van der Waals surface area (Å²) in [6.45, 7) is 4.11. The van der Waals surface area contributed by atoms with E-state index in [4.69, 9.17) is 9.47 Å². The van der Waals surface area contributed by atoms with Gasteiger partial charge in [-0.3, -0.25) is 4.72 Å². The molecular weight excluding hydrogens is 394 g/mol. The van der Waals surface area contributed by atoms with Crippen LogP contribution in [-0.2, 0) is 10.0 Å². The molecule has 2 rings (SSSR count). The SMILES string of the molecule is COc1cc(Br)c(S(=O)(=O)Nc2cccc(C(C)C)c2)cc1OC. The van der Waals surface area contributed by atoms with Crippen molar-refractivity contribution in [2.45, 2.75) is 24.7 Å². The van der Waals surface area contributed by atoms with Gasteiger partial charge in [0, 0.05) is 16.2 Å². The molecule has 0 unspecified atom stereocenters. The lowest BCUT2D eigenvalue weighted by Crippen LogP contribution is -2.14. The van der Waals surface area contributed by atoms with E-state index in [1.165, 1.54) is 20.3 Å². The summed E-state index contributed by atoms with van der Waals surface area (Å²) in [4.78, 5) is 0.0788. The highest BCUT2D eigenvalue weighted by molar-refractivity contribution is 9.10. The van der Waals surface area contributed by atoms with Crippen molar-refractivity contribution in [2.24, 2.45) is 0 Å². The Morgan fingerprint density at radius 1 is 1.04 bits per heavy atom. The highest BCUT2D eigenvalue weighted by atomic mass is 79.9. The standard InChI is InChI=1S/C17H20BrNO4S/c1-11(2)12-6-5-7-13(8-12)19-24(20,21)17-10-16(23-4)15(22-3)9-14(17)18/h5-11,19H,1-4H3. The van der Waals surface area contributed by atoms with Crippen LogP contribution in [0.1, 0.15) is 25.3 Å². The van der Waals surface area contributed by atoms with E-state index < -0.39 is 10.0 Å². The summed E-state index contributed by atoms with van der Waals surface area (Å²) in [6.07, 6.45) is 0. The van der Waals surface area contributed by atoms with Crippen molar-refractivity contribution < 1.29 is 17.9 Å². The molecule has 2 aromatic rings. The van der Waals surface area contributed by atoms with Gasteiger partial charge in [0.1, 0.15) is 4.90 Å². The molecule has 0 bridgehead atoms. The highest BCUT2D eigenvalue weighted by Gasteiger charge is 2.21. The first-order chi connectivity index (χ1) is 11.3. The minimum Gasteiger partial charge on any atom is -0.493 e. The van der Waals surface area contributed by atoms with Crippen molar-refractivity contribution in [1.82, 2.24) is 0 Å². The zero-order valence-corrected chi connectivity index (χ0v) is 16.4. The van der Waals surface area contributed by atoms with E-state index in [2.05, 4.69) is 34.5 Å². The summed E-state index contributed by atoms with van der Waals surface area (Å²) in [6, 6.07) is 10.3. The molecule has 0 saturated carbocycles. The molecule has 0 aliphatic heterocycles. The molecule has 0 spiro atoms. The van der Waals surface area contributed by atoms with Crippen LogP contribution in [0.25, 0.3) is 0 Å².